The monoisotopic (exact) mass is 546 g/mol. The average Bonchev–Trinajstić information content (AvgIpc) is 3.49. The van der Waals surface area contributed by atoms with Crippen molar-refractivity contribution < 1.29 is 14.6 Å². The molecule has 11 heteroatoms. The summed E-state index contributed by atoms with van der Waals surface area (Å²) in [5.41, 5.74) is 11.9. The molecule has 3 N–H and O–H groups in total. The maximum Gasteiger partial charge on any atom is 0.225 e. The maximum absolute atomic E-state index is 12.8. The first-order valence-electron chi connectivity index (χ1n) is 13.7. The van der Waals surface area contributed by atoms with Gasteiger partial charge in [-0.15, -0.1) is 0 Å². The highest BCUT2D eigenvalue weighted by molar-refractivity contribution is 6.15. The molecular formula is C29H38N8O3. The molecule has 0 aliphatic carbocycles. The summed E-state index contributed by atoms with van der Waals surface area (Å²) in [5, 5.41) is 17.4. The standard InChI is InChI=1S/C29H38N8O3/c1-28(2,11-14-40-29(3,4)10-13-34-37-30)27(39)32-12-6-5-7-23-25-21(17-31-18-33-25)26(36-23)24-16-19-15-20(38)8-9-22(19)35-24/h8-9,15-18,23,35,38H,5-7,10-14H2,1-4H3,(H,32,39). The van der Waals surface area contributed by atoms with E-state index < -0.39 is 11.0 Å². The molecule has 0 bridgehead atoms. The molecule has 3 heterocycles. The zero-order chi connectivity index (χ0) is 28.8. The van der Waals surface area contributed by atoms with Gasteiger partial charge >= 0.3 is 0 Å². The van der Waals surface area contributed by atoms with Gasteiger partial charge in [-0.25, -0.2) is 9.97 Å². The van der Waals surface area contributed by atoms with Crippen LogP contribution in [0.3, 0.4) is 0 Å². The number of aliphatic imine (C=N–C) groups is 1. The highest BCUT2D eigenvalue weighted by atomic mass is 16.5. The van der Waals surface area contributed by atoms with Gasteiger partial charge in [0.1, 0.15) is 12.1 Å². The molecule has 3 aromatic rings. The number of carbonyl (C=O) groups is 1. The second-order valence-corrected chi connectivity index (χ2v) is 11.5. The summed E-state index contributed by atoms with van der Waals surface area (Å²) in [7, 11) is 0. The van der Waals surface area contributed by atoms with Crippen molar-refractivity contribution in [1.29, 1.82) is 0 Å². The number of fused-ring (bicyclic) bond motifs is 2. The molecule has 212 valence electrons. The number of hydrogen-bond acceptors (Lipinski definition) is 7. The van der Waals surface area contributed by atoms with Crippen LogP contribution in [0.2, 0.25) is 0 Å². The number of rotatable bonds is 14. The van der Waals surface area contributed by atoms with Crippen LogP contribution in [-0.4, -0.2) is 57.0 Å². The Labute approximate surface area is 234 Å². The van der Waals surface area contributed by atoms with Crippen molar-refractivity contribution in [3.8, 4) is 5.75 Å². The minimum atomic E-state index is -0.558. The van der Waals surface area contributed by atoms with Crippen LogP contribution in [-0.2, 0) is 9.53 Å². The van der Waals surface area contributed by atoms with Crippen LogP contribution in [0.1, 0.15) is 82.8 Å². The van der Waals surface area contributed by atoms with Gasteiger partial charge in [-0.2, -0.15) is 0 Å². The van der Waals surface area contributed by atoms with Gasteiger partial charge in [0.25, 0.3) is 0 Å². The first kappa shape index (κ1) is 29.0. The third-order valence-electron chi connectivity index (χ3n) is 7.36. The van der Waals surface area contributed by atoms with E-state index in [-0.39, 0.29) is 17.7 Å². The molecule has 0 saturated heterocycles. The Balaban J connectivity index is 1.25. The molecule has 1 aliphatic rings. The number of nitrogens with one attached hydrogen (secondary N) is 2. The highest BCUT2D eigenvalue weighted by Crippen LogP contribution is 2.34. The summed E-state index contributed by atoms with van der Waals surface area (Å²) in [6.07, 6.45) is 7.10. The fraction of sp³-hybridized carbons (Fsp3) is 0.517. The first-order chi connectivity index (χ1) is 19.1. The number of phenolic OH excluding ortho intramolecular Hbond substituents is 1. The molecule has 40 heavy (non-hydrogen) atoms. The lowest BCUT2D eigenvalue weighted by molar-refractivity contribution is -0.131. The highest BCUT2D eigenvalue weighted by Gasteiger charge is 2.30. The second kappa shape index (κ2) is 12.5. The fourth-order valence-corrected chi connectivity index (χ4v) is 4.77. The van der Waals surface area contributed by atoms with Gasteiger partial charge in [-0.3, -0.25) is 9.79 Å². The third kappa shape index (κ3) is 7.16. The van der Waals surface area contributed by atoms with Gasteiger partial charge in [0.05, 0.1) is 28.7 Å². The first-order valence-corrected chi connectivity index (χ1v) is 13.7. The number of aromatic nitrogens is 3. The zero-order valence-corrected chi connectivity index (χ0v) is 23.6. The molecule has 4 rings (SSSR count). The quantitative estimate of drug-likeness (QED) is 0.101. The van der Waals surface area contributed by atoms with E-state index in [9.17, 15) is 9.90 Å². The van der Waals surface area contributed by atoms with Crippen molar-refractivity contribution in [2.45, 2.75) is 71.4 Å². The molecule has 2 aromatic heterocycles. The summed E-state index contributed by atoms with van der Waals surface area (Å²) in [4.78, 5) is 32.7. The molecule has 1 aliphatic heterocycles. The van der Waals surface area contributed by atoms with Crippen molar-refractivity contribution >= 4 is 22.5 Å². The van der Waals surface area contributed by atoms with Crippen molar-refractivity contribution in [3.63, 3.8) is 0 Å². The number of unbranched alkanes of at least 4 members (excludes halogenated alkanes) is 1. The van der Waals surface area contributed by atoms with Crippen LogP contribution in [0, 0.1) is 5.41 Å². The SMILES string of the molecule is CC(C)(CCN=[N+]=[N-])OCCC(C)(C)C(=O)NCCCCC1N=C(c2cc3cc(O)ccc3[nH]2)c2cncnc21. The Morgan fingerprint density at radius 1 is 1.23 bits per heavy atom. The van der Waals surface area contributed by atoms with Gasteiger partial charge in [-0.1, -0.05) is 19.0 Å². The predicted molar refractivity (Wildman–Crippen MR) is 154 cm³/mol. The number of ether oxygens (including phenoxy) is 1. The summed E-state index contributed by atoms with van der Waals surface area (Å²) in [6.45, 7) is 9.19. The van der Waals surface area contributed by atoms with Gasteiger partial charge in [0.15, 0.2) is 0 Å². The lowest BCUT2D eigenvalue weighted by atomic mass is 9.88. The van der Waals surface area contributed by atoms with Crippen molar-refractivity contribution in [3.05, 3.63) is 64.2 Å². The molecule has 1 amide bonds. The molecule has 0 fully saturated rings. The van der Waals surface area contributed by atoms with Gasteiger partial charge in [-0.05, 0) is 75.7 Å². The van der Waals surface area contributed by atoms with E-state index in [4.69, 9.17) is 15.3 Å². The summed E-state index contributed by atoms with van der Waals surface area (Å²) < 4.78 is 5.95. The van der Waals surface area contributed by atoms with Gasteiger partial charge in [0, 0.05) is 52.7 Å². The fourth-order valence-electron chi connectivity index (χ4n) is 4.77. The Morgan fingerprint density at radius 3 is 2.85 bits per heavy atom. The summed E-state index contributed by atoms with van der Waals surface area (Å²) >= 11 is 0. The Morgan fingerprint density at radius 2 is 2.05 bits per heavy atom. The van der Waals surface area contributed by atoms with Crippen LogP contribution in [0.5, 0.6) is 5.75 Å². The van der Waals surface area contributed by atoms with Crippen molar-refractivity contribution in [1.82, 2.24) is 20.3 Å². The number of amides is 1. The van der Waals surface area contributed by atoms with Crippen LogP contribution in [0.15, 0.2) is 46.9 Å². The Hall–Kier alpha value is -3.95. The number of aromatic amines is 1. The van der Waals surface area contributed by atoms with Crippen molar-refractivity contribution in [2.24, 2.45) is 15.5 Å². The largest absolute Gasteiger partial charge is 0.508 e. The zero-order valence-electron chi connectivity index (χ0n) is 23.6. The van der Waals surface area contributed by atoms with Crippen LogP contribution < -0.4 is 5.32 Å². The van der Waals surface area contributed by atoms with Crippen LogP contribution in [0.4, 0.5) is 0 Å². The lowest BCUT2D eigenvalue weighted by Gasteiger charge is -2.28. The van der Waals surface area contributed by atoms with Crippen molar-refractivity contribution in [2.75, 3.05) is 19.7 Å². The smallest absolute Gasteiger partial charge is 0.225 e. The minimum Gasteiger partial charge on any atom is -0.508 e. The van der Waals surface area contributed by atoms with E-state index in [0.717, 1.165) is 52.8 Å². The number of hydrogen-bond donors (Lipinski definition) is 3. The maximum atomic E-state index is 12.8. The lowest BCUT2D eigenvalue weighted by Crippen LogP contribution is -2.39. The number of nitrogens with zero attached hydrogens (tertiary/aromatic N) is 6. The molecule has 0 radical (unpaired) electrons. The Kier molecular flexibility index (Phi) is 9.07. The molecule has 1 aromatic carbocycles. The van der Waals surface area contributed by atoms with E-state index in [1.807, 2.05) is 39.8 Å². The number of benzene rings is 1. The molecule has 1 atom stereocenters. The number of aromatic hydroxyl groups is 1. The summed E-state index contributed by atoms with van der Waals surface area (Å²) in [6, 6.07) is 7.15. The molecule has 1 unspecified atom stereocenters. The molecule has 0 saturated carbocycles. The average molecular weight is 547 g/mol. The predicted octanol–water partition coefficient (Wildman–Crippen LogP) is 5.75. The van der Waals surface area contributed by atoms with E-state index in [0.29, 0.717) is 32.5 Å². The second-order valence-electron chi connectivity index (χ2n) is 11.5. The third-order valence-corrected chi connectivity index (χ3v) is 7.36. The molecule has 11 nitrogen and oxygen atoms in total. The van der Waals surface area contributed by atoms with Crippen LogP contribution in [0.25, 0.3) is 21.3 Å². The number of carbonyl (C=O) groups excluding carboxylic acids is 1. The van der Waals surface area contributed by atoms with Gasteiger partial charge < -0.3 is 20.1 Å². The summed E-state index contributed by atoms with van der Waals surface area (Å²) in [5.74, 6) is 0.228. The number of phenols is 1. The van der Waals surface area contributed by atoms with Crippen LogP contribution >= 0.6 is 0 Å². The van der Waals surface area contributed by atoms with E-state index in [1.54, 1.807) is 24.7 Å². The molecule has 0 spiro atoms. The normalized spacial score (nSPS) is 15.0. The molecular weight excluding hydrogens is 508 g/mol. The van der Waals surface area contributed by atoms with E-state index in [1.165, 1.54) is 0 Å². The number of azide groups is 1. The van der Waals surface area contributed by atoms with E-state index >= 15 is 0 Å². The Bertz CT molecular complexity index is 1420. The minimum absolute atomic E-state index is 0.00657. The van der Waals surface area contributed by atoms with E-state index in [2.05, 4.69) is 30.3 Å². The van der Waals surface area contributed by atoms with Gasteiger partial charge in [0.2, 0.25) is 5.91 Å². The number of H-pyrrole nitrogens is 1. The topological polar surface area (TPSA) is 161 Å².